The van der Waals surface area contributed by atoms with E-state index in [0.29, 0.717) is 11.4 Å². The van der Waals surface area contributed by atoms with Gasteiger partial charge in [-0.15, -0.1) is 0 Å². The van der Waals surface area contributed by atoms with Crippen LogP contribution >= 0.6 is 18.1 Å². The quantitative estimate of drug-likeness (QED) is 0.325. The van der Waals surface area contributed by atoms with Gasteiger partial charge >= 0.3 is 6.72 Å². The first-order valence-electron chi connectivity index (χ1n) is 6.67. The first-order chi connectivity index (χ1) is 11.2. The molecule has 12 nitrogen and oxygen atoms in total. The van der Waals surface area contributed by atoms with Crippen molar-refractivity contribution in [2.24, 2.45) is 5.50 Å². The Balaban J connectivity index is 1.90. The molecule has 1 aliphatic heterocycles. The van der Waals surface area contributed by atoms with E-state index in [2.05, 4.69) is 15.0 Å². The van der Waals surface area contributed by atoms with Crippen LogP contribution in [0.25, 0.3) is 11.2 Å². The van der Waals surface area contributed by atoms with E-state index in [4.69, 9.17) is 20.9 Å². The molecule has 2 aromatic heterocycles. The number of hydrogen-bond acceptors (Lipinski definition) is 9. The molecule has 0 bridgehead atoms. The van der Waals surface area contributed by atoms with Gasteiger partial charge in [0.05, 0.1) is 12.4 Å². The molecule has 1 unspecified atom stereocenters. The summed E-state index contributed by atoms with van der Waals surface area (Å²) in [5.41, 5.74) is 10.0. The second-order valence-corrected chi connectivity index (χ2v) is 9.25. The van der Waals surface area contributed by atoms with Gasteiger partial charge < -0.3 is 25.6 Å². The van der Waals surface area contributed by atoms with E-state index in [1.54, 1.807) is 0 Å². The first-order valence-corrected chi connectivity index (χ1v) is 9.99. The molecule has 24 heavy (non-hydrogen) atoms. The number of aromatic nitrogens is 4. The van der Waals surface area contributed by atoms with Crippen molar-refractivity contribution in [3.8, 4) is 0 Å². The zero-order valence-corrected chi connectivity index (χ0v) is 13.7. The molecule has 1 saturated heterocycles. The summed E-state index contributed by atoms with van der Waals surface area (Å²) in [4.78, 5) is 31.0. The van der Waals surface area contributed by atoms with Gasteiger partial charge in [-0.2, -0.15) is 4.98 Å². The van der Waals surface area contributed by atoms with Crippen LogP contribution in [-0.2, 0) is 9.30 Å². The minimum absolute atomic E-state index is 0.00543. The van der Waals surface area contributed by atoms with E-state index in [1.807, 2.05) is 0 Å². The van der Waals surface area contributed by atoms with Crippen LogP contribution in [-0.4, -0.2) is 58.7 Å². The average Bonchev–Trinajstić information content (AvgIpc) is 3.00. The molecule has 8 N–H and O–H groups in total. The lowest BCUT2D eigenvalue weighted by molar-refractivity contribution is -0.0288. The minimum atomic E-state index is -3.85. The van der Waals surface area contributed by atoms with Gasteiger partial charge in [0.1, 0.15) is 12.2 Å². The van der Waals surface area contributed by atoms with Crippen LogP contribution in [0, 0.1) is 0 Å². The number of imidazole rings is 1. The smallest absolute Gasteiger partial charge is 0.321 e. The lowest BCUT2D eigenvalue weighted by atomic mass is 10.1. The van der Waals surface area contributed by atoms with Crippen LogP contribution in [0.5, 0.6) is 0 Å². The molecule has 3 heterocycles. The minimum Gasteiger partial charge on any atom is -0.387 e. The fraction of sp³-hybridized carbons (Fsp3) is 0.500. The van der Waals surface area contributed by atoms with Crippen molar-refractivity contribution in [3.05, 3.63) is 16.7 Å². The molecule has 0 radical (unpaired) electrons. The van der Waals surface area contributed by atoms with Gasteiger partial charge in [-0.05, 0) is 0 Å². The number of hydrogen-bond donors (Lipinski definition) is 6. The maximum Gasteiger partial charge on any atom is 0.321 e. The maximum absolute atomic E-state index is 11.8. The van der Waals surface area contributed by atoms with Gasteiger partial charge in [-0.25, -0.2) is 4.98 Å². The van der Waals surface area contributed by atoms with Crippen molar-refractivity contribution in [1.29, 1.82) is 0 Å². The van der Waals surface area contributed by atoms with E-state index in [0.717, 1.165) is 0 Å². The first kappa shape index (κ1) is 17.4. The van der Waals surface area contributed by atoms with Gasteiger partial charge in [0, 0.05) is 5.75 Å². The van der Waals surface area contributed by atoms with E-state index in [-0.39, 0.29) is 22.9 Å². The Hall–Kier alpha value is -1.47. The normalized spacial score (nSPS) is 29.8. The number of H-pyrrole nitrogens is 1. The summed E-state index contributed by atoms with van der Waals surface area (Å²) in [6.07, 6.45) is -3.52. The van der Waals surface area contributed by atoms with Crippen LogP contribution in [0.15, 0.2) is 11.1 Å². The maximum atomic E-state index is 11.8. The summed E-state index contributed by atoms with van der Waals surface area (Å²) in [7, 11) is 0. The van der Waals surface area contributed by atoms with Crippen LogP contribution in [0.3, 0.4) is 0 Å². The fourth-order valence-electron chi connectivity index (χ4n) is 2.41. The summed E-state index contributed by atoms with van der Waals surface area (Å²) >= 11 is 0.522. The number of nitrogens with zero attached hydrogens (tertiary/aromatic N) is 3. The fourth-order valence-corrected chi connectivity index (χ4v) is 4.12. The van der Waals surface area contributed by atoms with Crippen LogP contribution in [0.2, 0.25) is 0 Å². The molecule has 3 rings (SSSR count). The second-order valence-electron chi connectivity index (χ2n) is 5.18. The summed E-state index contributed by atoms with van der Waals surface area (Å²) in [5, 5.41) is 20.2. The van der Waals surface area contributed by atoms with Gasteiger partial charge in [0.15, 0.2) is 17.4 Å². The Labute approximate surface area is 138 Å². The lowest BCUT2D eigenvalue weighted by Gasteiger charge is -2.16. The van der Waals surface area contributed by atoms with Gasteiger partial charge in [0.25, 0.3) is 5.56 Å². The molecule has 1 aliphatic rings. The van der Waals surface area contributed by atoms with Crippen molar-refractivity contribution >= 4 is 35.2 Å². The lowest BCUT2D eigenvalue weighted by Crippen LogP contribution is -2.32. The summed E-state index contributed by atoms with van der Waals surface area (Å²) in [6.45, 7) is -3.85. The standard InChI is InChI=1S/C10H15N6O6PS/c11-10-14-7-4(8(19)15-10)13-2-16(7)9-6(18)5(17)3(22-9)1-24-23(12,20)21/h2-3,5-6,9,17-18H,1H2,(H3,12,20,21)(H3,11,14,15,19)/t3-,5-,6-,9-/m1/s1. The number of ether oxygens (including phenoxy) is 1. The van der Waals surface area contributed by atoms with Crippen molar-refractivity contribution in [2.75, 3.05) is 11.5 Å². The molecule has 0 saturated carbocycles. The van der Waals surface area contributed by atoms with Gasteiger partial charge in [-0.1, -0.05) is 11.4 Å². The van der Waals surface area contributed by atoms with Gasteiger partial charge in [-0.3, -0.25) is 24.4 Å². The van der Waals surface area contributed by atoms with Crippen molar-refractivity contribution in [1.82, 2.24) is 19.5 Å². The number of fused-ring (bicyclic) bond motifs is 1. The number of rotatable bonds is 4. The van der Waals surface area contributed by atoms with Crippen molar-refractivity contribution in [2.45, 2.75) is 24.5 Å². The Bertz CT molecular complexity index is 865. The number of aromatic amines is 1. The molecule has 0 aromatic carbocycles. The van der Waals surface area contributed by atoms with E-state index >= 15 is 0 Å². The van der Waals surface area contributed by atoms with Crippen molar-refractivity contribution in [3.63, 3.8) is 0 Å². The molecular weight excluding hydrogens is 363 g/mol. The molecular formula is C10H15N6O6PS. The highest BCUT2D eigenvalue weighted by Crippen LogP contribution is 2.48. The highest BCUT2D eigenvalue weighted by atomic mass is 32.7. The third kappa shape index (κ3) is 3.19. The molecule has 5 atom stereocenters. The summed E-state index contributed by atoms with van der Waals surface area (Å²) in [5.74, 6) is -0.249. The molecule has 1 fully saturated rings. The topological polar surface area (TPSA) is 203 Å². The van der Waals surface area contributed by atoms with Crippen LogP contribution in [0.1, 0.15) is 6.23 Å². The second kappa shape index (κ2) is 6.11. The number of nitrogen functional groups attached to an aromatic ring is 1. The number of aliphatic hydroxyl groups is 2. The number of anilines is 1. The molecule has 132 valence electrons. The average molecular weight is 378 g/mol. The Kier molecular flexibility index (Phi) is 4.42. The molecule has 0 amide bonds. The summed E-state index contributed by atoms with van der Waals surface area (Å²) in [6, 6.07) is 0. The third-order valence-corrected chi connectivity index (χ3v) is 5.89. The predicted molar refractivity (Wildman–Crippen MR) is 85.0 cm³/mol. The Morgan fingerprint density at radius 3 is 2.83 bits per heavy atom. The third-order valence-electron chi connectivity index (χ3n) is 3.49. The van der Waals surface area contributed by atoms with E-state index in [1.165, 1.54) is 10.9 Å². The molecule has 0 spiro atoms. The zero-order valence-electron chi connectivity index (χ0n) is 12.0. The van der Waals surface area contributed by atoms with E-state index in [9.17, 15) is 19.6 Å². The predicted octanol–water partition coefficient (Wildman–Crippen LogP) is -1.89. The van der Waals surface area contributed by atoms with Crippen LogP contribution in [0.4, 0.5) is 5.95 Å². The largest absolute Gasteiger partial charge is 0.387 e. The Morgan fingerprint density at radius 1 is 1.46 bits per heavy atom. The SMILES string of the molecule is Nc1nc2c(ncn2[C@@H]2O[C@H](CSP(N)(=O)O)[C@@H](O)[C@H]2O)c(=O)[nH]1. The number of nitrogens with one attached hydrogen (secondary N) is 1. The van der Waals surface area contributed by atoms with Crippen molar-refractivity contribution < 1.29 is 24.4 Å². The van der Waals surface area contributed by atoms with Gasteiger partial charge in [0.2, 0.25) is 5.95 Å². The molecule has 0 aliphatic carbocycles. The monoisotopic (exact) mass is 378 g/mol. The molecule has 2 aromatic rings. The van der Waals surface area contributed by atoms with E-state index < -0.39 is 36.8 Å². The zero-order chi connectivity index (χ0) is 17.6. The number of aliphatic hydroxyl groups excluding tert-OH is 2. The molecule has 14 heteroatoms. The Morgan fingerprint density at radius 2 is 2.17 bits per heavy atom. The highest BCUT2D eigenvalue weighted by Gasteiger charge is 2.44. The van der Waals surface area contributed by atoms with Crippen LogP contribution < -0.4 is 16.8 Å². The number of nitrogens with two attached hydrogens (primary N) is 2. The highest BCUT2D eigenvalue weighted by molar-refractivity contribution is 8.55. The summed E-state index contributed by atoms with van der Waals surface area (Å²) < 4.78 is 17.9.